The summed E-state index contributed by atoms with van der Waals surface area (Å²) in [6.07, 6.45) is 1.92. The van der Waals surface area contributed by atoms with Gasteiger partial charge < -0.3 is 4.57 Å². The molecule has 1 heterocycles. The predicted octanol–water partition coefficient (Wildman–Crippen LogP) is 4.46. The molecule has 20 heavy (non-hydrogen) atoms. The quantitative estimate of drug-likeness (QED) is 0.666. The van der Waals surface area contributed by atoms with Crippen molar-refractivity contribution in [2.45, 2.75) is 20.8 Å². The third kappa shape index (κ3) is 2.03. The van der Waals surface area contributed by atoms with Gasteiger partial charge in [-0.25, -0.2) is 4.98 Å². The third-order valence-corrected chi connectivity index (χ3v) is 3.73. The molecule has 3 rings (SSSR count). The summed E-state index contributed by atoms with van der Waals surface area (Å²) in [6.45, 7) is 6.41. The lowest BCUT2D eigenvalue weighted by atomic mass is 10.1. The van der Waals surface area contributed by atoms with E-state index in [-0.39, 0.29) is 0 Å². The number of hydrogen-bond acceptors (Lipinski definition) is 1. The van der Waals surface area contributed by atoms with E-state index < -0.39 is 0 Å². The Hall–Kier alpha value is -2.35. The molecule has 2 aromatic carbocycles. The minimum atomic E-state index is 1.05. The SMILES string of the molecule is Cc1cccc(C)c1-n1cnc(-c2ccccc2)c1C. The number of aromatic nitrogens is 2. The van der Waals surface area contributed by atoms with Crippen molar-refractivity contribution in [3.63, 3.8) is 0 Å². The molecular weight excluding hydrogens is 244 g/mol. The van der Waals surface area contributed by atoms with E-state index in [1.165, 1.54) is 22.5 Å². The monoisotopic (exact) mass is 262 g/mol. The van der Waals surface area contributed by atoms with E-state index >= 15 is 0 Å². The van der Waals surface area contributed by atoms with Crippen LogP contribution in [-0.2, 0) is 0 Å². The van der Waals surface area contributed by atoms with Crippen molar-refractivity contribution in [1.29, 1.82) is 0 Å². The van der Waals surface area contributed by atoms with Gasteiger partial charge in [-0.15, -0.1) is 0 Å². The lowest BCUT2D eigenvalue weighted by Gasteiger charge is -2.12. The number of hydrogen-bond donors (Lipinski definition) is 0. The lowest BCUT2D eigenvalue weighted by molar-refractivity contribution is 0.978. The van der Waals surface area contributed by atoms with Gasteiger partial charge in [0.05, 0.1) is 11.4 Å². The minimum absolute atomic E-state index is 1.05. The van der Waals surface area contributed by atoms with Crippen LogP contribution in [0.25, 0.3) is 16.9 Å². The van der Waals surface area contributed by atoms with Crippen molar-refractivity contribution in [2.75, 3.05) is 0 Å². The van der Waals surface area contributed by atoms with Gasteiger partial charge in [0.2, 0.25) is 0 Å². The predicted molar refractivity (Wildman–Crippen MR) is 83.2 cm³/mol. The van der Waals surface area contributed by atoms with Gasteiger partial charge in [-0.05, 0) is 31.9 Å². The van der Waals surface area contributed by atoms with Crippen LogP contribution in [0.5, 0.6) is 0 Å². The number of nitrogens with zero attached hydrogens (tertiary/aromatic N) is 2. The van der Waals surface area contributed by atoms with Crippen LogP contribution in [0.1, 0.15) is 16.8 Å². The summed E-state index contributed by atoms with van der Waals surface area (Å²) >= 11 is 0. The Morgan fingerprint density at radius 1 is 0.800 bits per heavy atom. The fourth-order valence-electron chi connectivity index (χ4n) is 2.70. The summed E-state index contributed by atoms with van der Waals surface area (Å²) < 4.78 is 2.19. The third-order valence-electron chi connectivity index (χ3n) is 3.73. The van der Waals surface area contributed by atoms with E-state index in [0.717, 1.165) is 11.3 Å². The summed E-state index contributed by atoms with van der Waals surface area (Å²) in [5, 5.41) is 0. The molecule has 0 unspecified atom stereocenters. The second-order valence-corrected chi connectivity index (χ2v) is 5.16. The first-order valence-corrected chi connectivity index (χ1v) is 6.84. The molecule has 0 saturated heterocycles. The molecule has 0 amide bonds. The van der Waals surface area contributed by atoms with Crippen molar-refractivity contribution < 1.29 is 0 Å². The maximum absolute atomic E-state index is 4.61. The zero-order chi connectivity index (χ0) is 14.1. The molecule has 3 aromatic rings. The Labute approximate surface area is 119 Å². The molecule has 0 N–H and O–H groups in total. The van der Waals surface area contributed by atoms with Crippen LogP contribution >= 0.6 is 0 Å². The minimum Gasteiger partial charge on any atom is -0.302 e. The topological polar surface area (TPSA) is 17.8 Å². The van der Waals surface area contributed by atoms with Crippen LogP contribution in [0.3, 0.4) is 0 Å². The average Bonchev–Trinajstić information content (AvgIpc) is 2.82. The molecule has 0 fully saturated rings. The number of rotatable bonds is 2. The smallest absolute Gasteiger partial charge is 0.100 e. The van der Waals surface area contributed by atoms with Crippen LogP contribution in [0.2, 0.25) is 0 Å². The summed E-state index contributed by atoms with van der Waals surface area (Å²) in [7, 11) is 0. The first-order valence-electron chi connectivity index (χ1n) is 6.84. The Kier molecular flexibility index (Phi) is 3.15. The van der Waals surface area contributed by atoms with Crippen LogP contribution < -0.4 is 0 Å². The first-order chi connectivity index (χ1) is 9.68. The summed E-state index contributed by atoms with van der Waals surface area (Å²) in [5.41, 5.74) is 7.16. The van der Waals surface area contributed by atoms with Gasteiger partial charge in [0, 0.05) is 11.3 Å². The molecular formula is C18H18N2. The Morgan fingerprint density at radius 3 is 2.10 bits per heavy atom. The van der Waals surface area contributed by atoms with Gasteiger partial charge in [0.1, 0.15) is 6.33 Å². The van der Waals surface area contributed by atoms with Crippen molar-refractivity contribution in [2.24, 2.45) is 0 Å². The van der Waals surface area contributed by atoms with Gasteiger partial charge in [0.25, 0.3) is 0 Å². The van der Waals surface area contributed by atoms with Crippen LogP contribution in [-0.4, -0.2) is 9.55 Å². The normalized spacial score (nSPS) is 10.8. The van der Waals surface area contributed by atoms with Crippen molar-refractivity contribution >= 4 is 0 Å². The molecule has 0 bridgehead atoms. The van der Waals surface area contributed by atoms with Gasteiger partial charge in [0.15, 0.2) is 0 Å². The van der Waals surface area contributed by atoms with E-state index in [1.54, 1.807) is 0 Å². The largest absolute Gasteiger partial charge is 0.302 e. The zero-order valence-corrected chi connectivity index (χ0v) is 12.1. The van der Waals surface area contributed by atoms with Gasteiger partial charge in [-0.1, -0.05) is 48.5 Å². The Bertz CT molecular complexity index is 719. The highest BCUT2D eigenvalue weighted by Crippen LogP contribution is 2.26. The second-order valence-electron chi connectivity index (χ2n) is 5.16. The number of aryl methyl sites for hydroxylation is 2. The fraction of sp³-hybridized carbons (Fsp3) is 0.167. The summed E-state index contributed by atoms with van der Waals surface area (Å²) in [6, 6.07) is 16.7. The highest BCUT2D eigenvalue weighted by atomic mass is 15.1. The molecule has 2 nitrogen and oxygen atoms in total. The standard InChI is InChI=1S/C18H18N2/c1-13-8-7-9-14(2)18(13)20-12-19-17(15(20)3)16-10-5-4-6-11-16/h4-12H,1-3H3. The first kappa shape index (κ1) is 12.7. The van der Waals surface area contributed by atoms with Gasteiger partial charge in [-0.3, -0.25) is 0 Å². The zero-order valence-electron chi connectivity index (χ0n) is 12.1. The average molecular weight is 262 g/mol. The van der Waals surface area contributed by atoms with E-state index in [9.17, 15) is 0 Å². The number of para-hydroxylation sites is 1. The van der Waals surface area contributed by atoms with Crippen molar-refractivity contribution in [3.05, 3.63) is 71.7 Å². The van der Waals surface area contributed by atoms with Gasteiger partial charge >= 0.3 is 0 Å². The molecule has 2 heteroatoms. The molecule has 0 saturated carbocycles. The van der Waals surface area contributed by atoms with E-state index in [0.29, 0.717) is 0 Å². The second kappa shape index (κ2) is 4.97. The van der Waals surface area contributed by atoms with Crippen molar-refractivity contribution in [3.8, 4) is 16.9 Å². The highest BCUT2D eigenvalue weighted by molar-refractivity contribution is 5.63. The van der Waals surface area contributed by atoms with Crippen LogP contribution in [0, 0.1) is 20.8 Å². The molecule has 0 aliphatic heterocycles. The van der Waals surface area contributed by atoms with E-state index in [2.05, 4.69) is 60.7 Å². The van der Waals surface area contributed by atoms with E-state index in [4.69, 9.17) is 0 Å². The maximum Gasteiger partial charge on any atom is 0.100 e. The molecule has 0 spiro atoms. The summed E-state index contributed by atoms with van der Waals surface area (Å²) in [5.74, 6) is 0. The number of imidazole rings is 1. The van der Waals surface area contributed by atoms with Crippen LogP contribution in [0.4, 0.5) is 0 Å². The number of benzene rings is 2. The molecule has 0 aliphatic carbocycles. The van der Waals surface area contributed by atoms with Crippen molar-refractivity contribution in [1.82, 2.24) is 9.55 Å². The highest BCUT2D eigenvalue weighted by Gasteiger charge is 2.12. The van der Waals surface area contributed by atoms with E-state index in [1.807, 2.05) is 24.5 Å². The molecule has 0 radical (unpaired) electrons. The lowest BCUT2D eigenvalue weighted by Crippen LogP contribution is -2.00. The summed E-state index contributed by atoms with van der Waals surface area (Å²) in [4.78, 5) is 4.61. The maximum atomic E-state index is 4.61. The van der Waals surface area contributed by atoms with Crippen LogP contribution in [0.15, 0.2) is 54.9 Å². The van der Waals surface area contributed by atoms with Gasteiger partial charge in [-0.2, -0.15) is 0 Å². The molecule has 0 aliphatic rings. The Morgan fingerprint density at radius 2 is 1.45 bits per heavy atom. The molecule has 1 aromatic heterocycles. The fourth-order valence-corrected chi connectivity index (χ4v) is 2.70. The Balaban J connectivity index is 2.17. The molecule has 0 atom stereocenters. The molecule has 100 valence electrons.